The number of hydrazone groups is 1. The Morgan fingerprint density at radius 1 is 1.10 bits per heavy atom. The zero-order valence-corrected chi connectivity index (χ0v) is 9.35. The second-order valence-electron chi connectivity index (χ2n) is 3.95. The number of alkyl halides is 3. The van der Waals surface area contributed by atoms with Gasteiger partial charge in [0.05, 0.1) is 0 Å². The maximum Gasteiger partial charge on any atom is 0.438 e. The number of rotatable bonds is 1. The quantitative estimate of drug-likeness (QED) is 0.639. The van der Waals surface area contributed by atoms with Crippen molar-refractivity contribution >= 4 is 11.9 Å². The molecular weight excluding hydrogens is 297 g/mol. The van der Waals surface area contributed by atoms with E-state index >= 15 is 0 Å². The van der Waals surface area contributed by atoms with Gasteiger partial charge in [0.2, 0.25) is 0 Å². The zero-order valence-electron chi connectivity index (χ0n) is 9.35. The highest BCUT2D eigenvalue weighted by molar-refractivity contribution is 5.69. The first-order chi connectivity index (χ1) is 9.09. The molecule has 0 aromatic heterocycles. The number of hydrogen-bond acceptors (Lipinski definition) is 3. The van der Waals surface area contributed by atoms with E-state index in [0.717, 1.165) is 0 Å². The molecule has 0 radical (unpaired) electrons. The molecule has 10 heteroatoms. The molecule has 1 aromatic carbocycles. The summed E-state index contributed by atoms with van der Waals surface area (Å²) in [6.07, 6.45) is -5.98. The van der Waals surface area contributed by atoms with Crippen LogP contribution in [0.2, 0.25) is 0 Å². The minimum absolute atomic E-state index is 0.166. The summed E-state index contributed by atoms with van der Waals surface area (Å²) in [7, 11) is 0. The van der Waals surface area contributed by atoms with Gasteiger partial charge in [-0.3, -0.25) is 0 Å². The summed E-state index contributed by atoms with van der Waals surface area (Å²) >= 11 is 0. The summed E-state index contributed by atoms with van der Waals surface area (Å²) < 4.78 is 91.1. The van der Waals surface area contributed by atoms with Gasteiger partial charge < -0.3 is 5.11 Å². The van der Waals surface area contributed by atoms with E-state index in [0.29, 0.717) is 6.21 Å². The Kier molecular flexibility index (Phi) is 3.16. The second-order valence-corrected chi connectivity index (χ2v) is 3.95. The Morgan fingerprint density at radius 2 is 1.60 bits per heavy atom. The molecule has 0 amide bonds. The van der Waals surface area contributed by atoms with Crippen LogP contribution in [-0.4, -0.2) is 23.2 Å². The maximum atomic E-state index is 13.5. The summed E-state index contributed by atoms with van der Waals surface area (Å²) in [5.74, 6) is -8.01. The molecule has 0 bridgehead atoms. The lowest BCUT2D eigenvalue weighted by molar-refractivity contribution is -0.254. The lowest BCUT2D eigenvalue weighted by Crippen LogP contribution is -2.55. The summed E-state index contributed by atoms with van der Waals surface area (Å²) in [5, 5.41) is 11.9. The normalized spacial score (nSPS) is 22.7. The summed E-state index contributed by atoms with van der Waals surface area (Å²) in [5.41, 5.74) is -5.54. The molecule has 0 fully saturated rings. The fraction of sp³-hybridized carbons (Fsp3) is 0.300. The van der Waals surface area contributed by atoms with Crippen molar-refractivity contribution in [3.8, 4) is 0 Å². The molecule has 0 spiro atoms. The second kappa shape index (κ2) is 4.33. The molecule has 1 aromatic rings. The number of anilines is 1. The van der Waals surface area contributed by atoms with Crippen molar-refractivity contribution in [1.82, 2.24) is 0 Å². The SMILES string of the molecule is OC1(C(F)(F)F)CC=NN1c1c(F)c(F)cc(F)c1F. The van der Waals surface area contributed by atoms with E-state index in [1.54, 1.807) is 0 Å². The Morgan fingerprint density at radius 3 is 2.05 bits per heavy atom. The molecule has 1 aliphatic rings. The van der Waals surface area contributed by atoms with Crippen LogP contribution in [0.1, 0.15) is 6.42 Å². The minimum Gasteiger partial charge on any atom is -0.362 e. The molecule has 0 saturated heterocycles. The minimum atomic E-state index is -5.36. The zero-order chi connectivity index (χ0) is 15.3. The van der Waals surface area contributed by atoms with Gasteiger partial charge in [0.15, 0.2) is 23.3 Å². The van der Waals surface area contributed by atoms with Crippen molar-refractivity contribution < 1.29 is 35.8 Å². The molecule has 1 aliphatic heterocycles. The van der Waals surface area contributed by atoms with E-state index in [4.69, 9.17) is 0 Å². The highest BCUT2D eigenvalue weighted by atomic mass is 19.4. The van der Waals surface area contributed by atoms with Gasteiger partial charge in [0.1, 0.15) is 5.69 Å². The molecular formula is C10H5F7N2O. The molecule has 1 atom stereocenters. The maximum absolute atomic E-state index is 13.5. The van der Waals surface area contributed by atoms with Crippen LogP contribution in [0, 0.1) is 23.3 Å². The first-order valence-electron chi connectivity index (χ1n) is 5.04. The van der Waals surface area contributed by atoms with Crippen molar-refractivity contribution in [2.24, 2.45) is 5.10 Å². The van der Waals surface area contributed by atoms with Crippen molar-refractivity contribution in [3.63, 3.8) is 0 Å². The van der Waals surface area contributed by atoms with Crippen LogP contribution in [0.4, 0.5) is 36.4 Å². The summed E-state index contributed by atoms with van der Waals surface area (Å²) in [4.78, 5) is 0. The van der Waals surface area contributed by atoms with Crippen LogP contribution in [0.15, 0.2) is 11.2 Å². The summed E-state index contributed by atoms with van der Waals surface area (Å²) in [6, 6.07) is -0.166. The number of benzene rings is 1. The van der Waals surface area contributed by atoms with Crippen molar-refractivity contribution in [3.05, 3.63) is 29.3 Å². The van der Waals surface area contributed by atoms with Crippen LogP contribution in [0.25, 0.3) is 0 Å². The highest BCUT2D eigenvalue weighted by Gasteiger charge is 2.61. The van der Waals surface area contributed by atoms with Crippen LogP contribution < -0.4 is 5.01 Å². The van der Waals surface area contributed by atoms with Gasteiger partial charge in [0.25, 0.3) is 5.72 Å². The summed E-state index contributed by atoms with van der Waals surface area (Å²) in [6.45, 7) is 0. The lowest BCUT2D eigenvalue weighted by Gasteiger charge is -2.34. The highest BCUT2D eigenvalue weighted by Crippen LogP contribution is 2.43. The van der Waals surface area contributed by atoms with Gasteiger partial charge in [-0.1, -0.05) is 0 Å². The first kappa shape index (κ1) is 14.6. The number of aliphatic hydroxyl groups is 1. The third-order valence-electron chi connectivity index (χ3n) is 2.68. The lowest BCUT2D eigenvalue weighted by atomic mass is 10.1. The van der Waals surface area contributed by atoms with Gasteiger partial charge in [-0.2, -0.15) is 18.3 Å². The van der Waals surface area contributed by atoms with Gasteiger partial charge in [-0.05, 0) is 0 Å². The predicted octanol–water partition coefficient (Wildman–Crippen LogP) is 2.69. The van der Waals surface area contributed by atoms with Gasteiger partial charge in [0, 0.05) is 18.7 Å². The Balaban J connectivity index is 2.65. The van der Waals surface area contributed by atoms with Crippen LogP contribution in [-0.2, 0) is 0 Å². The third kappa shape index (κ3) is 1.90. The number of halogens is 7. The molecule has 1 N–H and O–H groups in total. The number of nitrogens with zero attached hydrogens (tertiary/aromatic N) is 2. The molecule has 0 aliphatic carbocycles. The smallest absolute Gasteiger partial charge is 0.362 e. The van der Waals surface area contributed by atoms with E-state index in [-0.39, 0.29) is 6.07 Å². The standard InChI is InChI=1S/C10H5F7N2O/c11-4-3-5(12)7(14)8(6(4)13)19-9(20,1-2-18-19)10(15,16)17/h2-3,20H,1H2. The monoisotopic (exact) mass is 302 g/mol. The van der Waals surface area contributed by atoms with Crippen molar-refractivity contribution in [2.75, 3.05) is 5.01 Å². The molecule has 2 rings (SSSR count). The average Bonchev–Trinajstić information content (AvgIpc) is 2.70. The largest absolute Gasteiger partial charge is 0.438 e. The van der Waals surface area contributed by atoms with Crippen molar-refractivity contribution in [1.29, 1.82) is 0 Å². The fourth-order valence-electron chi connectivity index (χ4n) is 1.66. The number of hydrogen-bond donors (Lipinski definition) is 1. The Labute approximate surface area is 106 Å². The molecule has 110 valence electrons. The topological polar surface area (TPSA) is 35.8 Å². The predicted molar refractivity (Wildman–Crippen MR) is 52.9 cm³/mol. The molecule has 0 saturated carbocycles. The van der Waals surface area contributed by atoms with Gasteiger partial charge >= 0.3 is 6.18 Å². The van der Waals surface area contributed by atoms with Crippen LogP contribution in [0.3, 0.4) is 0 Å². The molecule has 1 heterocycles. The van der Waals surface area contributed by atoms with Crippen LogP contribution in [0.5, 0.6) is 0 Å². The molecule has 20 heavy (non-hydrogen) atoms. The Bertz CT molecular complexity index is 560. The van der Waals surface area contributed by atoms with Gasteiger partial charge in [-0.15, -0.1) is 0 Å². The van der Waals surface area contributed by atoms with E-state index in [1.165, 1.54) is 0 Å². The van der Waals surface area contributed by atoms with Gasteiger partial charge in [-0.25, -0.2) is 22.6 Å². The Hall–Kier alpha value is -1.84. The van der Waals surface area contributed by atoms with Crippen LogP contribution >= 0.6 is 0 Å². The van der Waals surface area contributed by atoms with E-state index < -0.39 is 52.3 Å². The average molecular weight is 302 g/mol. The van der Waals surface area contributed by atoms with Crippen molar-refractivity contribution in [2.45, 2.75) is 18.3 Å². The fourth-order valence-corrected chi connectivity index (χ4v) is 1.66. The van der Waals surface area contributed by atoms with E-state index in [9.17, 15) is 35.8 Å². The van der Waals surface area contributed by atoms with E-state index in [2.05, 4.69) is 5.10 Å². The third-order valence-corrected chi connectivity index (χ3v) is 2.68. The molecule has 3 nitrogen and oxygen atoms in total. The molecule has 1 unspecified atom stereocenters. The first-order valence-corrected chi connectivity index (χ1v) is 5.04. The van der Waals surface area contributed by atoms with E-state index in [1.807, 2.05) is 0 Å².